The summed E-state index contributed by atoms with van der Waals surface area (Å²) in [5.41, 5.74) is -1.98. The SMILES string of the molecule is CC=Cn1nc(-c2ccc(S(N)(=O)=O)cc2)c(-c2ccc(Cl)cc2)c1C(F)(F)C(F)(F)F. The molecule has 0 aliphatic rings. The molecule has 1 heterocycles. The van der Waals surface area contributed by atoms with E-state index in [1.165, 1.54) is 49.4 Å². The molecule has 170 valence electrons. The number of nitrogens with zero attached hydrogens (tertiary/aromatic N) is 2. The minimum atomic E-state index is -5.90. The Morgan fingerprint density at radius 2 is 1.50 bits per heavy atom. The Morgan fingerprint density at radius 3 is 1.97 bits per heavy atom. The van der Waals surface area contributed by atoms with Crippen molar-refractivity contribution in [1.82, 2.24) is 9.78 Å². The first-order valence-electron chi connectivity index (χ1n) is 8.87. The molecule has 2 N–H and O–H groups in total. The fourth-order valence-corrected chi connectivity index (χ4v) is 3.65. The minimum absolute atomic E-state index is 0.00889. The summed E-state index contributed by atoms with van der Waals surface area (Å²) in [6.07, 6.45) is -3.68. The summed E-state index contributed by atoms with van der Waals surface area (Å²) in [6, 6.07) is 9.91. The monoisotopic (exact) mass is 491 g/mol. The lowest BCUT2D eigenvalue weighted by atomic mass is 9.96. The summed E-state index contributed by atoms with van der Waals surface area (Å²) < 4.78 is 93.0. The van der Waals surface area contributed by atoms with E-state index in [-0.39, 0.29) is 26.7 Å². The number of rotatable bonds is 5. The number of alkyl halides is 5. The molecular formula is C20H15ClF5N3O2S. The number of hydrogen-bond acceptors (Lipinski definition) is 3. The molecule has 0 bridgehead atoms. The molecule has 0 radical (unpaired) electrons. The zero-order valence-corrected chi connectivity index (χ0v) is 17.8. The van der Waals surface area contributed by atoms with Crippen molar-refractivity contribution in [3.8, 4) is 22.4 Å². The van der Waals surface area contributed by atoms with Crippen molar-refractivity contribution >= 4 is 27.8 Å². The molecule has 1 aromatic heterocycles. The zero-order chi connectivity index (χ0) is 23.9. The zero-order valence-electron chi connectivity index (χ0n) is 16.2. The average Bonchev–Trinajstić information content (AvgIpc) is 3.07. The first-order chi connectivity index (χ1) is 14.8. The second-order valence-corrected chi connectivity index (χ2v) is 8.65. The second-order valence-electron chi connectivity index (χ2n) is 6.65. The highest BCUT2D eigenvalue weighted by Gasteiger charge is 2.62. The Balaban J connectivity index is 2.40. The predicted octanol–water partition coefficient (Wildman–Crippen LogP) is 5.66. The molecule has 0 saturated heterocycles. The van der Waals surface area contributed by atoms with Gasteiger partial charge >= 0.3 is 12.1 Å². The van der Waals surface area contributed by atoms with Gasteiger partial charge in [0.2, 0.25) is 10.0 Å². The van der Waals surface area contributed by atoms with E-state index in [0.717, 1.165) is 18.3 Å². The van der Waals surface area contributed by atoms with E-state index in [9.17, 15) is 30.4 Å². The third-order valence-electron chi connectivity index (χ3n) is 4.44. The van der Waals surface area contributed by atoms with Crippen LogP contribution in [0.1, 0.15) is 12.6 Å². The molecule has 0 amide bonds. The van der Waals surface area contributed by atoms with Crippen LogP contribution in [0.15, 0.2) is 59.5 Å². The summed E-state index contributed by atoms with van der Waals surface area (Å²) in [5.74, 6) is -5.26. The maximum atomic E-state index is 14.7. The number of allylic oxidation sites excluding steroid dienone is 1. The minimum Gasteiger partial charge on any atom is -0.238 e. The van der Waals surface area contributed by atoms with Crippen LogP contribution < -0.4 is 5.14 Å². The highest BCUT2D eigenvalue weighted by atomic mass is 35.5. The van der Waals surface area contributed by atoms with Crippen LogP contribution in [0.5, 0.6) is 0 Å². The summed E-state index contributed by atoms with van der Waals surface area (Å²) in [5, 5.41) is 9.28. The Morgan fingerprint density at radius 1 is 0.969 bits per heavy atom. The van der Waals surface area contributed by atoms with E-state index < -0.39 is 33.4 Å². The Kier molecular flexibility index (Phi) is 6.20. The predicted molar refractivity (Wildman–Crippen MR) is 110 cm³/mol. The van der Waals surface area contributed by atoms with Crippen LogP contribution in [0.3, 0.4) is 0 Å². The highest BCUT2D eigenvalue weighted by molar-refractivity contribution is 7.89. The molecule has 0 spiro atoms. The van der Waals surface area contributed by atoms with Crippen LogP contribution in [-0.4, -0.2) is 24.4 Å². The average molecular weight is 492 g/mol. The van der Waals surface area contributed by atoms with Gasteiger partial charge in [-0.15, -0.1) is 0 Å². The summed E-state index contributed by atoms with van der Waals surface area (Å²) in [4.78, 5) is -0.261. The molecule has 0 saturated carbocycles. The molecule has 0 fully saturated rings. The first-order valence-corrected chi connectivity index (χ1v) is 10.8. The van der Waals surface area contributed by atoms with Crippen LogP contribution >= 0.6 is 11.6 Å². The van der Waals surface area contributed by atoms with E-state index in [1.807, 2.05) is 0 Å². The molecule has 3 aromatic rings. The third kappa shape index (κ3) is 4.41. The molecule has 0 aliphatic heterocycles. The van der Waals surface area contributed by atoms with Crippen LogP contribution in [0, 0.1) is 0 Å². The van der Waals surface area contributed by atoms with Gasteiger partial charge in [0, 0.05) is 22.3 Å². The lowest BCUT2D eigenvalue weighted by Crippen LogP contribution is -2.35. The van der Waals surface area contributed by atoms with Gasteiger partial charge in [-0.1, -0.05) is 41.9 Å². The topological polar surface area (TPSA) is 78.0 Å². The van der Waals surface area contributed by atoms with E-state index in [0.29, 0.717) is 4.68 Å². The lowest BCUT2D eigenvalue weighted by Gasteiger charge is -2.21. The van der Waals surface area contributed by atoms with Crippen molar-refractivity contribution in [1.29, 1.82) is 0 Å². The standard InChI is InChI=1S/C20H15ClF5N3O2S/c1-2-11-29-18(19(22,23)20(24,25)26)16(12-3-7-14(21)8-4-12)17(28-29)13-5-9-15(10-6-13)32(27,30)31/h2-11H,1H3,(H2,27,30,31). The van der Waals surface area contributed by atoms with Crippen molar-refractivity contribution in [2.24, 2.45) is 5.14 Å². The Bertz CT molecular complexity index is 1270. The highest BCUT2D eigenvalue weighted by Crippen LogP contribution is 2.49. The molecule has 32 heavy (non-hydrogen) atoms. The van der Waals surface area contributed by atoms with Crippen LogP contribution in [0.4, 0.5) is 22.0 Å². The number of primary sulfonamides is 1. The largest absolute Gasteiger partial charge is 0.459 e. The van der Waals surface area contributed by atoms with Gasteiger partial charge < -0.3 is 0 Å². The molecular weight excluding hydrogens is 477 g/mol. The molecule has 0 aliphatic carbocycles. The molecule has 0 unspecified atom stereocenters. The molecule has 0 atom stereocenters. The Hall–Kier alpha value is -2.76. The molecule has 3 rings (SSSR count). The van der Waals surface area contributed by atoms with E-state index in [1.54, 1.807) is 0 Å². The summed E-state index contributed by atoms with van der Waals surface area (Å²) in [7, 11) is -4.04. The summed E-state index contributed by atoms with van der Waals surface area (Å²) >= 11 is 5.84. The van der Waals surface area contributed by atoms with Gasteiger partial charge in [0.15, 0.2) is 0 Å². The smallest absolute Gasteiger partial charge is 0.238 e. The normalized spacial score (nSPS) is 13.1. The van der Waals surface area contributed by atoms with Crippen molar-refractivity contribution in [2.45, 2.75) is 23.9 Å². The van der Waals surface area contributed by atoms with Gasteiger partial charge in [-0.2, -0.15) is 27.1 Å². The fourth-order valence-electron chi connectivity index (χ4n) is 3.01. The first kappa shape index (κ1) is 23.9. The van der Waals surface area contributed by atoms with Gasteiger partial charge in [0.1, 0.15) is 11.4 Å². The van der Waals surface area contributed by atoms with E-state index in [4.69, 9.17) is 16.7 Å². The number of sulfonamides is 1. The van der Waals surface area contributed by atoms with Gasteiger partial charge in [-0.3, -0.25) is 0 Å². The van der Waals surface area contributed by atoms with E-state index >= 15 is 0 Å². The summed E-state index contributed by atoms with van der Waals surface area (Å²) in [6.45, 7) is 1.43. The van der Waals surface area contributed by atoms with E-state index in [2.05, 4.69) is 5.10 Å². The van der Waals surface area contributed by atoms with Crippen LogP contribution in [0.25, 0.3) is 28.6 Å². The number of halogens is 6. The maximum absolute atomic E-state index is 14.7. The van der Waals surface area contributed by atoms with Crippen molar-refractivity contribution < 1.29 is 30.4 Å². The third-order valence-corrected chi connectivity index (χ3v) is 5.62. The van der Waals surface area contributed by atoms with Crippen LogP contribution in [0.2, 0.25) is 5.02 Å². The maximum Gasteiger partial charge on any atom is 0.459 e. The molecule has 5 nitrogen and oxygen atoms in total. The number of aromatic nitrogens is 2. The van der Waals surface area contributed by atoms with Gasteiger partial charge in [0.05, 0.1) is 4.90 Å². The second kappa shape index (κ2) is 8.30. The van der Waals surface area contributed by atoms with Gasteiger partial charge in [-0.25, -0.2) is 18.2 Å². The van der Waals surface area contributed by atoms with Gasteiger partial charge in [0.25, 0.3) is 0 Å². The number of benzene rings is 2. The number of nitrogens with two attached hydrogens (primary N) is 1. The van der Waals surface area contributed by atoms with Crippen LogP contribution in [-0.2, 0) is 15.9 Å². The number of hydrogen-bond donors (Lipinski definition) is 1. The lowest BCUT2D eigenvalue weighted by molar-refractivity contribution is -0.291. The Labute approximate surface area is 185 Å². The molecule has 12 heteroatoms. The van der Waals surface area contributed by atoms with Crippen molar-refractivity contribution in [3.05, 3.63) is 65.3 Å². The van der Waals surface area contributed by atoms with Crippen molar-refractivity contribution in [2.75, 3.05) is 0 Å². The fraction of sp³-hybridized carbons (Fsp3) is 0.150. The van der Waals surface area contributed by atoms with Crippen molar-refractivity contribution in [3.63, 3.8) is 0 Å². The quantitative estimate of drug-likeness (QED) is 0.468. The molecule has 2 aromatic carbocycles. The van der Waals surface area contributed by atoms with Gasteiger partial charge in [-0.05, 0) is 36.8 Å².